The second-order valence-corrected chi connectivity index (χ2v) is 5.30. The first-order valence-corrected chi connectivity index (χ1v) is 6.67. The molecular formula is C13H24N2O3. The maximum Gasteiger partial charge on any atom is 0.328 e. The van der Waals surface area contributed by atoms with Crippen LogP contribution in [0.5, 0.6) is 0 Å². The van der Waals surface area contributed by atoms with E-state index in [-0.39, 0.29) is 18.0 Å². The van der Waals surface area contributed by atoms with Crippen LogP contribution in [0, 0.1) is 5.92 Å². The smallest absolute Gasteiger partial charge is 0.328 e. The van der Waals surface area contributed by atoms with Crippen LogP contribution < -0.4 is 10.6 Å². The molecule has 0 aromatic rings. The van der Waals surface area contributed by atoms with Crippen molar-refractivity contribution in [3.8, 4) is 0 Å². The number of rotatable bonds is 5. The Hall–Kier alpha value is -1.26. The predicted octanol–water partition coefficient (Wildman–Crippen LogP) is 1.82. The number of nitrogens with one attached hydrogen (secondary N) is 2. The van der Waals surface area contributed by atoms with E-state index in [1.165, 1.54) is 7.11 Å². The Balaban J connectivity index is 2.42. The van der Waals surface area contributed by atoms with Gasteiger partial charge in [-0.05, 0) is 25.2 Å². The number of hydrogen-bond acceptors (Lipinski definition) is 3. The lowest BCUT2D eigenvalue weighted by molar-refractivity contribution is -0.143. The Morgan fingerprint density at radius 1 is 1.28 bits per heavy atom. The van der Waals surface area contributed by atoms with Gasteiger partial charge in [0.1, 0.15) is 6.04 Å². The number of hydrogen-bond donors (Lipinski definition) is 2. The summed E-state index contributed by atoms with van der Waals surface area (Å²) in [7, 11) is 1.34. The number of ether oxygens (including phenoxy) is 1. The highest BCUT2D eigenvalue weighted by Gasteiger charge is 2.24. The Morgan fingerprint density at radius 3 is 2.39 bits per heavy atom. The van der Waals surface area contributed by atoms with Crippen LogP contribution in [-0.4, -0.2) is 31.2 Å². The fraction of sp³-hybridized carbons (Fsp3) is 0.846. The highest BCUT2D eigenvalue weighted by atomic mass is 16.5. The van der Waals surface area contributed by atoms with Crippen LogP contribution in [0.25, 0.3) is 0 Å². The second-order valence-electron chi connectivity index (χ2n) is 5.30. The molecule has 1 saturated carbocycles. The monoisotopic (exact) mass is 256 g/mol. The Kier molecular flexibility index (Phi) is 5.95. The summed E-state index contributed by atoms with van der Waals surface area (Å²) in [5.41, 5.74) is 0. The maximum absolute atomic E-state index is 11.8. The van der Waals surface area contributed by atoms with Gasteiger partial charge in [-0.15, -0.1) is 0 Å². The highest BCUT2D eigenvalue weighted by Crippen LogP contribution is 2.17. The summed E-state index contributed by atoms with van der Waals surface area (Å²) in [5.74, 6) is -0.0637. The standard InChI is InChI=1S/C13H24N2O3/c1-9(2)8-11(12(16)18-3)15-13(17)14-10-6-4-5-7-10/h9-11H,4-8H2,1-3H3,(H2,14,15,17). The molecule has 1 aliphatic rings. The average Bonchev–Trinajstić information content (AvgIpc) is 2.79. The number of carbonyl (C=O) groups excluding carboxylic acids is 2. The minimum Gasteiger partial charge on any atom is -0.467 e. The lowest BCUT2D eigenvalue weighted by Crippen LogP contribution is -2.49. The molecule has 5 nitrogen and oxygen atoms in total. The molecule has 0 heterocycles. The summed E-state index contributed by atoms with van der Waals surface area (Å²) in [5, 5.41) is 5.61. The maximum atomic E-state index is 11.8. The van der Waals surface area contributed by atoms with Gasteiger partial charge in [0.15, 0.2) is 0 Å². The number of amides is 2. The fourth-order valence-electron chi connectivity index (χ4n) is 2.28. The van der Waals surface area contributed by atoms with Crippen molar-refractivity contribution in [2.24, 2.45) is 5.92 Å². The van der Waals surface area contributed by atoms with Gasteiger partial charge in [0, 0.05) is 6.04 Å². The molecule has 2 amide bonds. The minimum absolute atomic E-state index is 0.252. The topological polar surface area (TPSA) is 67.4 Å². The van der Waals surface area contributed by atoms with Crippen LogP contribution in [0.3, 0.4) is 0 Å². The van der Waals surface area contributed by atoms with Crippen molar-refractivity contribution in [1.29, 1.82) is 0 Å². The first kappa shape index (κ1) is 14.8. The molecule has 1 atom stereocenters. The Bertz CT molecular complexity index is 286. The van der Waals surface area contributed by atoms with Gasteiger partial charge in [-0.25, -0.2) is 9.59 Å². The zero-order valence-electron chi connectivity index (χ0n) is 11.5. The van der Waals surface area contributed by atoms with E-state index in [9.17, 15) is 9.59 Å². The predicted molar refractivity (Wildman–Crippen MR) is 69.2 cm³/mol. The number of urea groups is 1. The quantitative estimate of drug-likeness (QED) is 0.737. The first-order chi connectivity index (χ1) is 8.52. The van der Waals surface area contributed by atoms with Gasteiger partial charge in [0.05, 0.1) is 7.11 Å². The number of methoxy groups -OCH3 is 1. The fourth-order valence-corrected chi connectivity index (χ4v) is 2.28. The van der Waals surface area contributed by atoms with Crippen molar-refractivity contribution in [2.45, 2.75) is 58.0 Å². The minimum atomic E-state index is -0.559. The molecule has 1 rings (SSSR count). The van der Waals surface area contributed by atoms with E-state index in [0.29, 0.717) is 12.3 Å². The molecule has 0 aromatic heterocycles. The third kappa shape index (κ3) is 4.94. The van der Waals surface area contributed by atoms with Crippen molar-refractivity contribution in [3.05, 3.63) is 0 Å². The molecule has 2 N–H and O–H groups in total. The van der Waals surface area contributed by atoms with E-state index in [0.717, 1.165) is 25.7 Å². The zero-order valence-corrected chi connectivity index (χ0v) is 11.5. The van der Waals surface area contributed by atoms with Crippen LogP contribution in [-0.2, 0) is 9.53 Å². The summed E-state index contributed by atoms with van der Waals surface area (Å²) in [6.45, 7) is 4.01. The Labute approximate surface area is 109 Å². The van der Waals surface area contributed by atoms with Crippen LogP contribution in [0.4, 0.5) is 4.79 Å². The van der Waals surface area contributed by atoms with E-state index in [1.807, 2.05) is 13.8 Å². The van der Waals surface area contributed by atoms with Crippen molar-refractivity contribution < 1.29 is 14.3 Å². The summed E-state index contributed by atoms with van der Waals surface area (Å²) >= 11 is 0. The second kappa shape index (κ2) is 7.24. The lowest BCUT2D eigenvalue weighted by Gasteiger charge is -2.20. The van der Waals surface area contributed by atoms with E-state index in [1.54, 1.807) is 0 Å². The Morgan fingerprint density at radius 2 is 1.89 bits per heavy atom. The van der Waals surface area contributed by atoms with Gasteiger partial charge in [0.25, 0.3) is 0 Å². The van der Waals surface area contributed by atoms with Gasteiger partial charge in [-0.2, -0.15) is 0 Å². The largest absolute Gasteiger partial charge is 0.467 e. The van der Waals surface area contributed by atoms with Gasteiger partial charge >= 0.3 is 12.0 Å². The van der Waals surface area contributed by atoms with Gasteiger partial charge < -0.3 is 15.4 Å². The van der Waals surface area contributed by atoms with E-state index in [2.05, 4.69) is 10.6 Å². The van der Waals surface area contributed by atoms with Crippen LogP contribution in [0.2, 0.25) is 0 Å². The van der Waals surface area contributed by atoms with Gasteiger partial charge in [-0.3, -0.25) is 0 Å². The summed E-state index contributed by atoms with van der Waals surface area (Å²) in [4.78, 5) is 23.3. The summed E-state index contributed by atoms with van der Waals surface area (Å²) < 4.78 is 4.70. The molecule has 5 heteroatoms. The molecule has 0 bridgehead atoms. The number of esters is 1. The molecule has 0 radical (unpaired) electrons. The summed E-state index contributed by atoms with van der Waals surface area (Å²) in [6.07, 6.45) is 4.97. The first-order valence-electron chi connectivity index (χ1n) is 6.67. The van der Waals surface area contributed by atoms with Crippen molar-refractivity contribution in [1.82, 2.24) is 10.6 Å². The van der Waals surface area contributed by atoms with Crippen LogP contribution in [0.1, 0.15) is 46.0 Å². The van der Waals surface area contributed by atoms with Gasteiger partial charge in [0.2, 0.25) is 0 Å². The highest BCUT2D eigenvalue weighted by molar-refractivity contribution is 5.83. The molecule has 0 saturated heterocycles. The molecular weight excluding hydrogens is 232 g/mol. The molecule has 0 aliphatic heterocycles. The SMILES string of the molecule is COC(=O)C(CC(C)C)NC(=O)NC1CCCC1. The van der Waals surface area contributed by atoms with E-state index < -0.39 is 6.04 Å². The molecule has 18 heavy (non-hydrogen) atoms. The third-order valence-electron chi connectivity index (χ3n) is 3.19. The van der Waals surface area contributed by atoms with Crippen molar-refractivity contribution in [2.75, 3.05) is 7.11 Å². The van der Waals surface area contributed by atoms with Crippen LogP contribution >= 0.6 is 0 Å². The van der Waals surface area contributed by atoms with Crippen molar-refractivity contribution in [3.63, 3.8) is 0 Å². The lowest BCUT2D eigenvalue weighted by atomic mass is 10.0. The molecule has 1 fully saturated rings. The normalized spacial score (nSPS) is 17.6. The van der Waals surface area contributed by atoms with Crippen LogP contribution in [0.15, 0.2) is 0 Å². The van der Waals surface area contributed by atoms with Gasteiger partial charge in [-0.1, -0.05) is 26.7 Å². The van der Waals surface area contributed by atoms with E-state index in [4.69, 9.17) is 4.74 Å². The average molecular weight is 256 g/mol. The molecule has 1 aliphatic carbocycles. The molecule has 104 valence electrons. The third-order valence-corrected chi connectivity index (χ3v) is 3.19. The molecule has 1 unspecified atom stereocenters. The summed E-state index contributed by atoms with van der Waals surface area (Å²) in [6, 6.07) is -0.573. The number of carbonyl (C=O) groups is 2. The van der Waals surface area contributed by atoms with Crippen molar-refractivity contribution >= 4 is 12.0 Å². The molecule has 0 spiro atoms. The zero-order chi connectivity index (χ0) is 13.5. The van der Waals surface area contributed by atoms with E-state index >= 15 is 0 Å². The molecule has 0 aromatic carbocycles.